The molecule has 0 amide bonds. The van der Waals surface area contributed by atoms with Crippen LogP contribution in [0.4, 0.5) is 5.82 Å². The summed E-state index contributed by atoms with van der Waals surface area (Å²) in [4.78, 5) is 21.7. The van der Waals surface area contributed by atoms with E-state index in [4.69, 9.17) is 5.10 Å². The maximum atomic E-state index is 13.3. The van der Waals surface area contributed by atoms with Gasteiger partial charge in [0.05, 0.1) is 17.8 Å². The molecule has 1 aliphatic rings. The molecule has 5 nitrogen and oxygen atoms in total. The van der Waals surface area contributed by atoms with E-state index >= 15 is 0 Å². The molecule has 0 unspecified atom stereocenters. The van der Waals surface area contributed by atoms with E-state index < -0.39 is 0 Å². The Bertz CT molecular complexity index is 1080. The summed E-state index contributed by atoms with van der Waals surface area (Å²) in [6, 6.07) is 15.5. The van der Waals surface area contributed by atoms with Crippen LogP contribution in [0.3, 0.4) is 0 Å². The minimum absolute atomic E-state index is 0.135. The average molecular weight is 356 g/mol. The first kappa shape index (κ1) is 17.1. The molecule has 0 fully saturated rings. The van der Waals surface area contributed by atoms with Gasteiger partial charge in [-0.25, -0.2) is 4.98 Å². The van der Waals surface area contributed by atoms with Gasteiger partial charge in [0, 0.05) is 23.0 Å². The van der Waals surface area contributed by atoms with Gasteiger partial charge < -0.3 is 0 Å². The molecule has 0 spiro atoms. The Morgan fingerprint density at radius 1 is 1.11 bits per heavy atom. The molecule has 0 bridgehead atoms. The van der Waals surface area contributed by atoms with Crippen molar-refractivity contribution in [3.05, 3.63) is 77.2 Å². The van der Waals surface area contributed by atoms with Crippen molar-refractivity contribution in [3.8, 4) is 0 Å². The van der Waals surface area contributed by atoms with Crippen LogP contribution in [0.2, 0.25) is 0 Å². The highest BCUT2D eigenvalue weighted by Gasteiger charge is 2.28. The fourth-order valence-corrected chi connectivity index (χ4v) is 2.99. The molecule has 1 aromatic carbocycles. The Labute approximate surface area is 158 Å². The van der Waals surface area contributed by atoms with Gasteiger partial charge in [-0.3, -0.25) is 9.48 Å². The summed E-state index contributed by atoms with van der Waals surface area (Å²) in [5, 5.41) is 4.73. The second-order valence-electron chi connectivity index (χ2n) is 7.61. The Kier molecular flexibility index (Phi) is 4.09. The number of benzene rings is 1. The lowest BCUT2D eigenvalue weighted by Gasteiger charge is -2.14. The summed E-state index contributed by atoms with van der Waals surface area (Å²) in [5.74, 6) is 3.25. The Morgan fingerprint density at radius 3 is 2.63 bits per heavy atom. The fraction of sp³-hybridized carbons (Fsp3) is 0.227. The van der Waals surface area contributed by atoms with Crippen molar-refractivity contribution in [2.45, 2.75) is 32.7 Å². The van der Waals surface area contributed by atoms with Gasteiger partial charge in [-0.15, -0.1) is 0 Å². The zero-order chi connectivity index (χ0) is 19.0. The largest absolute Gasteiger partial charge is 0.286 e. The summed E-state index contributed by atoms with van der Waals surface area (Å²) < 4.78 is 1.78. The molecule has 4 rings (SSSR count). The summed E-state index contributed by atoms with van der Waals surface area (Å²) in [6.07, 6.45) is 1.66. The molecule has 2 aromatic heterocycles. The minimum Gasteiger partial charge on any atom is -0.286 e. The lowest BCUT2D eigenvalue weighted by Crippen LogP contribution is -2.14. The number of hydrogen-bond donors (Lipinski definition) is 0. The van der Waals surface area contributed by atoms with Crippen LogP contribution in [0.25, 0.3) is 5.57 Å². The van der Waals surface area contributed by atoms with Crippen LogP contribution in [0.15, 0.2) is 59.7 Å². The average Bonchev–Trinajstić information content (AvgIpc) is 3.26. The van der Waals surface area contributed by atoms with Crippen LogP contribution < -0.4 is 0 Å². The van der Waals surface area contributed by atoms with Crippen molar-refractivity contribution < 1.29 is 4.79 Å². The maximum Gasteiger partial charge on any atom is 0.221 e. The number of nitrogens with zero attached hydrogens (tertiary/aromatic N) is 4. The summed E-state index contributed by atoms with van der Waals surface area (Å²) >= 11 is 0. The second kappa shape index (κ2) is 6.45. The van der Waals surface area contributed by atoms with Crippen LogP contribution in [0, 0.1) is 0 Å². The van der Waals surface area contributed by atoms with Crippen molar-refractivity contribution in [1.29, 1.82) is 0 Å². The smallest absolute Gasteiger partial charge is 0.221 e. The number of carbonyl (C=O) groups is 1. The Morgan fingerprint density at radius 2 is 1.89 bits per heavy atom. The second-order valence-corrected chi connectivity index (χ2v) is 7.61. The van der Waals surface area contributed by atoms with Crippen molar-refractivity contribution in [2.24, 2.45) is 4.99 Å². The third-order valence-corrected chi connectivity index (χ3v) is 4.51. The van der Waals surface area contributed by atoms with E-state index in [1.54, 1.807) is 16.9 Å². The lowest BCUT2D eigenvalue weighted by atomic mass is 9.91. The Hall–Kier alpha value is -3.30. The quantitative estimate of drug-likeness (QED) is 0.658. The van der Waals surface area contributed by atoms with Gasteiger partial charge in [-0.05, 0) is 23.8 Å². The number of Topliss-reactive ketones (excluding diaryl/α,β-unsaturated/α-hetero) is 1. The van der Waals surface area contributed by atoms with Gasteiger partial charge in [-0.1, -0.05) is 51.1 Å². The van der Waals surface area contributed by atoms with E-state index in [2.05, 4.69) is 36.6 Å². The molecule has 0 atom stereocenters. The number of ketones is 1. The van der Waals surface area contributed by atoms with E-state index in [1.807, 2.05) is 42.5 Å². The molecule has 3 aromatic rings. The third-order valence-electron chi connectivity index (χ3n) is 4.51. The van der Waals surface area contributed by atoms with Crippen molar-refractivity contribution in [2.75, 3.05) is 0 Å². The molecule has 5 heteroatoms. The predicted octanol–water partition coefficient (Wildman–Crippen LogP) is 4.21. The van der Waals surface area contributed by atoms with Gasteiger partial charge in [0.2, 0.25) is 5.78 Å². The SMILES string of the molecule is CC(C)(C)c1cc(C(=O)C2=C=Nc3ncccc32)n(Cc2ccccc2)n1. The highest BCUT2D eigenvalue weighted by Crippen LogP contribution is 2.30. The van der Waals surface area contributed by atoms with E-state index in [1.165, 1.54) is 0 Å². The van der Waals surface area contributed by atoms with Crippen molar-refractivity contribution >= 4 is 23.0 Å². The summed E-state index contributed by atoms with van der Waals surface area (Å²) in [6.45, 7) is 6.80. The van der Waals surface area contributed by atoms with Gasteiger partial charge in [0.15, 0.2) is 5.82 Å². The van der Waals surface area contributed by atoms with Crippen LogP contribution in [0.5, 0.6) is 0 Å². The van der Waals surface area contributed by atoms with E-state index in [0.29, 0.717) is 29.2 Å². The number of rotatable bonds is 4. The number of allylic oxidation sites excluding steroid dienone is 1. The molecule has 0 N–H and O–H groups in total. The topological polar surface area (TPSA) is 60.1 Å². The minimum atomic E-state index is -0.158. The van der Waals surface area contributed by atoms with Crippen LogP contribution in [-0.4, -0.2) is 26.4 Å². The van der Waals surface area contributed by atoms with Crippen molar-refractivity contribution in [1.82, 2.24) is 14.8 Å². The van der Waals surface area contributed by atoms with Gasteiger partial charge in [0.1, 0.15) is 5.69 Å². The molecule has 134 valence electrons. The molecule has 0 saturated carbocycles. The number of carbonyl (C=O) groups excluding carboxylic acids is 1. The van der Waals surface area contributed by atoms with E-state index in [9.17, 15) is 4.79 Å². The molecule has 27 heavy (non-hydrogen) atoms. The number of pyridine rings is 1. The van der Waals surface area contributed by atoms with Gasteiger partial charge >= 0.3 is 0 Å². The Balaban J connectivity index is 1.76. The summed E-state index contributed by atoms with van der Waals surface area (Å²) in [5.41, 5.74) is 3.50. The first-order valence-corrected chi connectivity index (χ1v) is 8.89. The molecule has 3 heterocycles. The van der Waals surface area contributed by atoms with Crippen LogP contribution in [0.1, 0.15) is 48.1 Å². The van der Waals surface area contributed by atoms with E-state index in [0.717, 1.165) is 11.3 Å². The lowest BCUT2D eigenvalue weighted by molar-refractivity contribution is 0.104. The maximum absolute atomic E-state index is 13.3. The standard InChI is InChI=1S/C22H20N4O/c1-22(2,3)19-12-18(26(25-19)14-15-8-5-4-6-9-15)20(27)17-13-24-21-16(17)10-7-11-23-21/h4-12H,14H2,1-3H3. The zero-order valence-corrected chi connectivity index (χ0v) is 15.6. The summed E-state index contributed by atoms with van der Waals surface area (Å²) in [7, 11) is 0. The van der Waals surface area contributed by atoms with Crippen LogP contribution in [-0.2, 0) is 12.0 Å². The molecule has 1 aliphatic heterocycles. The highest BCUT2D eigenvalue weighted by molar-refractivity contribution is 6.37. The normalized spacial score (nSPS) is 12.8. The first-order valence-electron chi connectivity index (χ1n) is 8.89. The van der Waals surface area contributed by atoms with Gasteiger partial charge in [0.25, 0.3) is 0 Å². The first-order chi connectivity index (χ1) is 12.9. The van der Waals surface area contributed by atoms with Crippen molar-refractivity contribution in [3.63, 3.8) is 0 Å². The number of aliphatic imine (C=N–C) groups is 1. The predicted molar refractivity (Wildman–Crippen MR) is 106 cm³/mol. The third kappa shape index (κ3) is 3.25. The molecular formula is C22H20N4O. The number of fused-ring (bicyclic) bond motifs is 1. The molecule has 0 aliphatic carbocycles. The number of aromatic nitrogens is 3. The fourth-order valence-electron chi connectivity index (χ4n) is 2.99. The molecule has 0 radical (unpaired) electrons. The number of hydrogen-bond acceptors (Lipinski definition) is 4. The molecular weight excluding hydrogens is 336 g/mol. The van der Waals surface area contributed by atoms with Gasteiger partial charge in [-0.2, -0.15) is 10.1 Å². The van der Waals surface area contributed by atoms with E-state index in [-0.39, 0.29) is 11.2 Å². The zero-order valence-electron chi connectivity index (χ0n) is 15.6. The highest BCUT2D eigenvalue weighted by atomic mass is 16.1. The van der Waals surface area contributed by atoms with Crippen LogP contribution >= 0.6 is 0 Å². The molecule has 0 saturated heterocycles. The monoisotopic (exact) mass is 356 g/mol.